The molecule has 2 aliphatic heterocycles. The van der Waals surface area contributed by atoms with Gasteiger partial charge in [0.05, 0.1) is 31.3 Å². The van der Waals surface area contributed by atoms with Crippen molar-refractivity contribution in [1.29, 1.82) is 5.26 Å². The summed E-state index contributed by atoms with van der Waals surface area (Å²) in [6.07, 6.45) is -2.59. The summed E-state index contributed by atoms with van der Waals surface area (Å²) in [5.41, 5.74) is 5.45. The molecule has 0 aliphatic carbocycles. The molecule has 0 radical (unpaired) electrons. The lowest BCUT2D eigenvalue weighted by molar-refractivity contribution is -0.221. The van der Waals surface area contributed by atoms with Gasteiger partial charge in [0.25, 0.3) is 0 Å². The molecular weight excluding hydrogens is 519 g/mol. The standard InChI is InChI=1S/C25H28F3N7O4/c26-25(27,28)23-19(15-32-33-24(23)37)39-20(18-3-6-30-7-4-18)16-38-12-5-22(36)35-10-8-34(9-11-35)21-2-1-17(13-29)14-31-21/h1-4,6-7,14,19-20,23,32H,5,8-12,15-16H2,(H,33,37)/t19?,20-,23?/m0/s1. The van der Waals surface area contributed by atoms with Gasteiger partial charge in [-0.2, -0.15) is 18.4 Å². The molecule has 2 aliphatic rings. The molecule has 4 rings (SSSR count). The number of anilines is 1. The highest BCUT2D eigenvalue weighted by Gasteiger charge is 2.52. The van der Waals surface area contributed by atoms with Crippen LogP contribution in [0.1, 0.15) is 23.7 Å². The van der Waals surface area contributed by atoms with Gasteiger partial charge in [-0.25, -0.2) is 10.4 Å². The number of hydrogen-bond acceptors (Lipinski definition) is 9. The largest absolute Gasteiger partial charge is 0.403 e. The normalized spacial score (nSPS) is 20.7. The number of alkyl halides is 3. The number of aromatic nitrogens is 2. The summed E-state index contributed by atoms with van der Waals surface area (Å²) in [5.74, 6) is -2.91. The monoisotopic (exact) mass is 547 g/mol. The summed E-state index contributed by atoms with van der Waals surface area (Å²) in [4.78, 5) is 36.6. The van der Waals surface area contributed by atoms with Crippen molar-refractivity contribution in [2.24, 2.45) is 5.92 Å². The molecule has 3 atom stereocenters. The summed E-state index contributed by atoms with van der Waals surface area (Å²) in [5, 5.41) is 8.91. The van der Waals surface area contributed by atoms with Crippen LogP contribution in [0.5, 0.6) is 0 Å². The highest BCUT2D eigenvalue weighted by Crippen LogP contribution is 2.34. The van der Waals surface area contributed by atoms with E-state index >= 15 is 0 Å². The number of nitrogens with zero attached hydrogens (tertiary/aromatic N) is 5. The predicted octanol–water partition coefficient (Wildman–Crippen LogP) is 1.34. The topological polar surface area (TPSA) is 133 Å². The van der Waals surface area contributed by atoms with Crippen LogP contribution in [0.2, 0.25) is 0 Å². The third-order valence-electron chi connectivity index (χ3n) is 6.50. The Labute approximate surface area is 222 Å². The summed E-state index contributed by atoms with van der Waals surface area (Å²) in [7, 11) is 0. The fraction of sp³-hybridized carbons (Fsp3) is 0.480. The van der Waals surface area contributed by atoms with Crippen LogP contribution in [-0.4, -0.2) is 84.9 Å². The fourth-order valence-corrected chi connectivity index (χ4v) is 4.42. The first-order valence-electron chi connectivity index (χ1n) is 12.4. The maximum Gasteiger partial charge on any atom is 0.403 e. The van der Waals surface area contributed by atoms with E-state index in [2.05, 4.69) is 15.4 Å². The number of halogens is 3. The van der Waals surface area contributed by atoms with E-state index in [1.54, 1.807) is 29.2 Å². The molecule has 2 aromatic heterocycles. The van der Waals surface area contributed by atoms with Gasteiger partial charge in [-0.1, -0.05) is 0 Å². The number of hydrazine groups is 1. The van der Waals surface area contributed by atoms with Crippen molar-refractivity contribution < 1.29 is 32.2 Å². The van der Waals surface area contributed by atoms with Gasteiger partial charge < -0.3 is 19.3 Å². The van der Waals surface area contributed by atoms with Crippen molar-refractivity contribution in [2.45, 2.75) is 24.8 Å². The van der Waals surface area contributed by atoms with Crippen LogP contribution >= 0.6 is 0 Å². The van der Waals surface area contributed by atoms with E-state index in [9.17, 15) is 22.8 Å². The number of amides is 2. The molecule has 0 spiro atoms. The minimum Gasteiger partial charge on any atom is -0.378 e. The fourth-order valence-electron chi connectivity index (χ4n) is 4.42. The third-order valence-corrected chi connectivity index (χ3v) is 6.50. The first-order chi connectivity index (χ1) is 18.8. The molecule has 0 bridgehead atoms. The van der Waals surface area contributed by atoms with E-state index in [0.29, 0.717) is 37.3 Å². The highest BCUT2D eigenvalue weighted by molar-refractivity contribution is 5.80. The van der Waals surface area contributed by atoms with Crippen molar-refractivity contribution >= 4 is 17.6 Å². The molecule has 0 aromatic carbocycles. The Kier molecular flexibility index (Phi) is 9.28. The van der Waals surface area contributed by atoms with Crippen LogP contribution in [0.4, 0.5) is 19.0 Å². The SMILES string of the molecule is N#Cc1ccc(N2CCN(C(=O)CCOC[C@H](OC3CNNC(=O)C3C(F)(F)F)c3ccncc3)CC2)nc1. The van der Waals surface area contributed by atoms with Gasteiger partial charge >= 0.3 is 6.18 Å². The number of rotatable bonds is 9. The Balaban J connectivity index is 1.27. The lowest BCUT2D eigenvalue weighted by atomic mass is 9.98. The van der Waals surface area contributed by atoms with Gasteiger partial charge in [-0.3, -0.25) is 20.0 Å². The molecule has 2 saturated heterocycles. The van der Waals surface area contributed by atoms with E-state index in [1.807, 2.05) is 16.4 Å². The predicted molar refractivity (Wildman–Crippen MR) is 131 cm³/mol. The van der Waals surface area contributed by atoms with Gasteiger partial charge in [-0.15, -0.1) is 0 Å². The Bertz CT molecular complexity index is 1150. The number of nitrogens with one attached hydrogen (secondary N) is 2. The lowest BCUT2D eigenvalue weighted by Gasteiger charge is -2.35. The minimum absolute atomic E-state index is 0.0489. The number of carbonyl (C=O) groups is 2. The third kappa shape index (κ3) is 7.41. The number of pyridine rings is 2. The zero-order valence-corrected chi connectivity index (χ0v) is 20.9. The molecule has 2 unspecified atom stereocenters. The number of hydrogen-bond donors (Lipinski definition) is 2. The summed E-state index contributed by atoms with van der Waals surface area (Å²) < 4.78 is 52.1. The highest BCUT2D eigenvalue weighted by atomic mass is 19.4. The first-order valence-corrected chi connectivity index (χ1v) is 12.4. The smallest absolute Gasteiger partial charge is 0.378 e. The molecule has 2 fully saturated rings. The number of carbonyl (C=O) groups excluding carboxylic acids is 2. The molecule has 2 aromatic rings. The van der Waals surface area contributed by atoms with Crippen LogP contribution in [0, 0.1) is 17.2 Å². The van der Waals surface area contributed by atoms with Crippen LogP contribution in [0.25, 0.3) is 0 Å². The maximum absolute atomic E-state index is 13.5. The van der Waals surface area contributed by atoms with Crippen molar-refractivity contribution in [3.8, 4) is 6.07 Å². The van der Waals surface area contributed by atoms with Crippen LogP contribution < -0.4 is 15.8 Å². The summed E-state index contributed by atoms with van der Waals surface area (Å²) >= 11 is 0. The molecule has 14 heteroatoms. The van der Waals surface area contributed by atoms with E-state index in [1.165, 1.54) is 18.6 Å². The van der Waals surface area contributed by atoms with Gasteiger partial charge in [0.2, 0.25) is 11.8 Å². The van der Waals surface area contributed by atoms with Crippen molar-refractivity contribution in [1.82, 2.24) is 25.7 Å². The number of nitriles is 1. The minimum atomic E-state index is -4.78. The van der Waals surface area contributed by atoms with Gasteiger partial charge in [0, 0.05) is 51.3 Å². The molecule has 11 nitrogen and oxygen atoms in total. The van der Waals surface area contributed by atoms with Crippen LogP contribution in [0.3, 0.4) is 0 Å². The van der Waals surface area contributed by atoms with Crippen molar-refractivity contribution in [2.75, 3.05) is 50.8 Å². The zero-order chi connectivity index (χ0) is 27.8. The Morgan fingerprint density at radius 3 is 2.56 bits per heavy atom. The molecule has 4 heterocycles. The number of piperazine rings is 1. The zero-order valence-electron chi connectivity index (χ0n) is 20.9. The average molecular weight is 548 g/mol. The number of ether oxygens (including phenoxy) is 2. The quantitative estimate of drug-likeness (QED) is 0.447. The molecule has 2 amide bonds. The molecule has 208 valence electrons. The van der Waals surface area contributed by atoms with Crippen molar-refractivity contribution in [3.63, 3.8) is 0 Å². The second kappa shape index (κ2) is 12.8. The van der Waals surface area contributed by atoms with E-state index in [4.69, 9.17) is 14.7 Å². The van der Waals surface area contributed by atoms with E-state index in [0.717, 1.165) is 5.82 Å². The maximum atomic E-state index is 13.5. The van der Waals surface area contributed by atoms with E-state index < -0.39 is 30.2 Å². The second-order valence-electron chi connectivity index (χ2n) is 9.04. The van der Waals surface area contributed by atoms with Gasteiger partial charge in [0.15, 0.2) is 5.92 Å². The Morgan fingerprint density at radius 1 is 1.18 bits per heavy atom. The molecular formula is C25H28F3N7O4. The summed E-state index contributed by atoms with van der Waals surface area (Å²) in [6.45, 7) is 1.88. The lowest BCUT2D eigenvalue weighted by Crippen LogP contribution is -2.60. The van der Waals surface area contributed by atoms with Gasteiger partial charge in [0.1, 0.15) is 18.0 Å². The van der Waals surface area contributed by atoms with Gasteiger partial charge in [-0.05, 0) is 29.8 Å². The average Bonchev–Trinajstić information content (AvgIpc) is 2.94. The molecule has 2 N–H and O–H groups in total. The van der Waals surface area contributed by atoms with Crippen LogP contribution in [0.15, 0.2) is 42.9 Å². The first kappa shape index (κ1) is 28.2. The van der Waals surface area contributed by atoms with Crippen LogP contribution in [-0.2, 0) is 19.1 Å². The van der Waals surface area contributed by atoms with Crippen molar-refractivity contribution in [3.05, 3.63) is 54.0 Å². The second-order valence-corrected chi connectivity index (χ2v) is 9.04. The summed E-state index contributed by atoms with van der Waals surface area (Å²) in [6, 6.07) is 8.70. The molecule has 39 heavy (non-hydrogen) atoms. The van der Waals surface area contributed by atoms with E-state index in [-0.39, 0.29) is 32.1 Å². The molecule has 0 saturated carbocycles. The Morgan fingerprint density at radius 2 is 1.92 bits per heavy atom. The Hall–Kier alpha value is -3.80.